The summed E-state index contributed by atoms with van der Waals surface area (Å²) in [5, 5.41) is 14.8. The van der Waals surface area contributed by atoms with Crippen LogP contribution < -0.4 is 0 Å². The summed E-state index contributed by atoms with van der Waals surface area (Å²) in [6, 6.07) is 8.84. The van der Waals surface area contributed by atoms with E-state index >= 15 is 0 Å². The lowest BCUT2D eigenvalue weighted by Crippen LogP contribution is -2.54. The number of rotatable bonds is 26. The van der Waals surface area contributed by atoms with Crippen molar-refractivity contribution in [3.63, 3.8) is 0 Å². The van der Waals surface area contributed by atoms with Gasteiger partial charge in [0.25, 0.3) is 0 Å². The second-order valence-electron chi connectivity index (χ2n) is 21.4. The number of piperidine rings is 1. The van der Waals surface area contributed by atoms with Gasteiger partial charge in [-0.05, 0) is 80.6 Å². The number of benzene rings is 1. The van der Waals surface area contributed by atoms with Crippen molar-refractivity contribution in [1.29, 1.82) is 0 Å². The van der Waals surface area contributed by atoms with E-state index in [2.05, 4.69) is 41.4 Å². The standard InChI is InChI=1S/C53H80N8O8/c1-10-33(4)49(45(69-9)31-48(66)59-25-17-20-42(59)35(6)36(7)43(62)29-39(51-54-56-57-55-51)27-37-18-13-11-14-19-37)58(8)53(68)41(32(2)3)30-44(63)50-38-22-23-40(28-38)61(50)46(64)21-15-12-16-24-60-47(65)26-34(5)52(60)67/h11,13-14,18-19,32-36,38-42,45,49-50H,10,12,15-17,20-31H2,1-9H3,(H,54,55,56,57)/t33-,34?,35+,36+,38-,39+,40+,41-,42-,45+,49-,50-/m0/s1. The minimum absolute atomic E-state index is 0.0188. The molecule has 16 heteroatoms. The zero-order chi connectivity index (χ0) is 50.1. The van der Waals surface area contributed by atoms with E-state index in [9.17, 15) is 33.6 Å². The minimum Gasteiger partial charge on any atom is -0.379 e. The van der Waals surface area contributed by atoms with Gasteiger partial charge in [-0.2, -0.15) is 5.21 Å². The molecule has 2 bridgehead atoms. The zero-order valence-corrected chi connectivity index (χ0v) is 42.8. The van der Waals surface area contributed by atoms with Gasteiger partial charge in [0.15, 0.2) is 11.6 Å². The molecule has 12 atom stereocenters. The van der Waals surface area contributed by atoms with Crippen LogP contribution in [0.15, 0.2) is 30.3 Å². The maximum absolute atomic E-state index is 14.8. The zero-order valence-electron chi connectivity index (χ0n) is 42.8. The molecule has 4 fully saturated rings. The maximum Gasteiger partial charge on any atom is 0.232 e. The molecule has 69 heavy (non-hydrogen) atoms. The highest BCUT2D eigenvalue weighted by atomic mass is 16.5. The van der Waals surface area contributed by atoms with Crippen LogP contribution in [0.25, 0.3) is 0 Å². The van der Waals surface area contributed by atoms with Gasteiger partial charge in [0.1, 0.15) is 5.78 Å². The number of methoxy groups -OCH3 is 1. The number of ketones is 2. The van der Waals surface area contributed by atoms with E-state index in [0.29, 0.717) is 51.0 Å². The van der Waals surface area contributed by atoms with E-state index < -0.39 is 24.1 Å². The van der Waals surface area contributed by atoms with Gasteiger partial charge in [0.05, 0.1) is 24.6 Å². The van der Waals surface area contributed by atoms with Crippen LogP contribution in [0.4, 0.5) is 0 Å². The molecule has 2 aromatic rings. The Bertz CT molecular complexity index is 2080. The Morgan fingerprint density at radius 1 is 0.928 bits per heavy atom. The van der Waals surface area contributed by atoms with Crippen LogP contribution in [-0.4, -0.2) is 139 Å². The fraction of sp³-hybridized carbons (Fsp3) is 0.736. The summed E-state index contributed by atoms with van der Waals surface area (Å²) in [4.78, 5) is 103. The lowest BCUT2D eigenvalue weighted by molar-refractivity contribution is -0.149. The van der Waals surface area contributed by atoms with Gasteiger partial charge < -0.3 is 19.4 Å². The summed E-state index contributed by atoms with van der Waals surface area (Å²) in [5.74, 6) is -1.73. The number of carbonyl (C=O) groups is 7. The first kappa shape index (κ1) is 53.5. The van der Waals surface area contributed by atoms with E-state index in [1.54, 1.807) is 26.0 Å². The third-order valence-electron chi connectivity index (χ3n) is 16.6. The van der Waals surface area contributed by atoms with Crippen molar-refractivity contribution in [2.24, 2.45) is 41.4 Å². The number of amides is 5. The summed E-state index contributed by atoms with van der Waals surface area (Å²) in [6.07, 6.45) is 7.67. The second kappa shape index (κ2) is 24.3. The molecule has 1 saturated carbocycles. The van der Waals surface area contributed by atoms with Crippen LogP contribution in [0, 0.1) is 41.4 Å². The Kier molecular flexibility index (Phi) is 18.8. The average molecular weight is 957 g/mol. The minimum atomic E-state index is -0.632. The molecule has 3 aliphatic heterocycles. The number of unbranched alkanes of at least 4 members (excludes halogenated alkanes) is 2. The number of imide groups is 1. The number of likely N-dealkylation sites (N-methyl/N-ethyl adjacent to an activating group) is 1. The topological polar surface area (TPSA) is 196 Å². The molecule has 380 valence electrons. The molecular weight excluding hydrogens is 877 g/mol. The quantitative estimate of drug-likeness (QED) is 0.0789. The Morgan fingerprint density at radius 2 is 1.67 bits per heavy atom. The molecule has 0 spiro atoms. The predicted molar refractivity (Wildman–Crippen MR) is 260 cm³/mol. The molecule has 1 unspecified atom stereocenters. The van der Waals surface area contributed by atoms with Crippen molar-refractivity contribution in [3.8, 4) is 0 Å². The molecule has 1 aliphatic carbocycles. The second-order valence-corrected chi connectivity index (χ2v) is 21.4. The highest BCUT2D eigenvalue weighted by molar-refractivity contribution is 6.03. The SMILES string of the molecule is CC[C@H](C)[C@@H]([C@@H](CC(=O)N1CCC[C@H]1[C@H](C)[C@@H](C)C(=O)C[C@@H](Cc1ccccc1)c1nn[nH]n1)OC)N(C)C(=O)[C@@H](CC(=O)[C@@H]1[C@H]2CC[C@H](C2)N1C(=O)CCCCCN1C(=O)CC(C)C1=O)C(C)C. The van der Waals surface area contributed by atoms with Gasteiger partial charge in [-0.1, -0.05) is 96.9 Å². The van der Waals surface area contributed by atoms with Crippen LogP contribution in [0.5, 0.6) is 0 Å². The Hall–Kier alpha value is -4.86. The first-order valence-electron chi connectivity index (χ1n) is 26.0. The number of aromatic nitrogens is 4. The number of H-pyrrole nitrogens is 1. The van der Waals surface area contributed by atoms with E-state index in [-0.39, 0.29) is 120 Å². The Labute approximate surface area is 409 Å². The molecule has 6 rings (SSSR count). The molecule has 3 saturated heterocycles. The number of carbonyl (C=O) groups excluding carboxylic acids is 7. The summed E-state index contributed by atoms with van der Waals surface area (Å²) < 4.78 is 6.15. The summed E-state index contributed by atoms with van der Waals surface area (Å²) >= 11 is 0. The third-order valence-corrected chi connectivity index (χ3v) is 16.6. The molecule has 1 aromatic heterocycles. The number of tetrazole rings is 1. The fourth-order valence-electron chi connectivity index (χ4n) is 12.1. The van der Waals surface area contributed by atoms with Crippen LogP contribution in [0.2, 0.25) is 0 Å². The number of nitrogens with one attached hydrogen (secondary N) is 1. The van der Waals surface area contributed by atoms with E-state index in [1.165, 1.54) is 4.90 Å². The van der Waals surface area contributed by atoms with Gasteiger partial charge in [0.2, 0.25) is 29.5 Å². The van der Waals surface area contributed by atoms with Gasteiger partial charge in [-0.25, -0.2) is 0 Å². The van der Waals surface area contributed by atoms with Crippen molar-refractivity contribution in [3.05, 3.63) is 41.7 Å². The number of fused-ring (bicyclic) bond motifs is 2. The number of hydrogen-bond donors (Lipinski definition) is 1. The molecule has 4 aliphatic rings. The van der Waals surface area contributed by atoms with Gasteiger partial charge in [-0.3, -0.25) is 38.5 Å². The number of likely N-dealkylation sites (tertiary alicyclic amines) is 3. The Morgan fingerprint density at radius 3 is 2.30 bits per heavy atom. The van der Waals surface area contributed by atoms with Crippen molar-refractivity contribution in [2.75, 3.05) is 27.2 Å². The summed E-state index contributed by atoms with van der Waals surface area (Å²) in [7, 11) is 3.36. The average Bonchev–Trinajstić information content (AvgIpc) is 4.21. The number of ether oxygens (including phenoxy) is 1. The Balaban J connectivity index is 1.07. The predicted octanol–water partition coefficient (Wildman–Crippen LogP) is 6.59. The number of Topliss-reactive ketones (excluding diaryl/α,β-unsaturated/α-hetero) is 2. The number of hydrogen-bond acceptors (Lipinski definition) is 11. The van der Waals surface area contributed by atoms with Gasteiger partial charge >= 0.3 is 0 Å². The van der Waals surface area contributed by atoms with Crippen molar-refractivity contribution in [2.45, 2.75) is 181 Å². The molecule has 4 heterocycles. The first-order chi connectivity index (χ1) is 33.0. The molecule has 1 N–H and O–H groups in total. The maximum atomic E-state index is 14.8. The number of nitrogens with zero attached hydrogens (tertiary/aromatic N) is 7. The van der Waals surface area contributed by atoms with E-state index in [4.69, 9.17) is 4.74 Å². The highest BCUT2D eigenvalue weighted by Gasteiger charge is 2.51. The summed E-state index contributed by atoms with van der Waals surface area (Å²) in [5.41, 5.74) is 1.08. The van der Waals surface area contributed by atoms with E-state index in [0.717, 1.165) is 44.1 Å². The van der Waals surface area contributed by atoms with Gasteiger partial charge in [0, 0.05) is 88.7 Å². The van der Waals surface area contributed by atoms with Crippen LogP contribution in [-0.2, 0) is 44.7 Å². The molecule has 5 amide bonds. The monoisotopic (exact) mass is 957 g/mol. The lowest BCUT2D eigenvalue weighted by Gasteiger charge is -2.41. The molecule has 0 radical (unpaired) electrons. The number of aromatic amines is 1. The van der Waals surface area contributed by atoms with Crippen molar-refractivity contribution >= 4 is 41.1 Å². The normalized spacial score (nSPS) is 24.4. The fourth-order valence-corrected chi connectivity index (χ4v) is 12.1. The third kappa shape index (κ3) is 12.5. The molecular formula is C53H80N8O8. The largest absolute Gasteiger partial charge is 0.379 e. The summed E-state index contributed by atoms with van der Waals surface area (Å²) in [6.45, 7) is 14.8. The smallest absolute Gasteiger partial charge is 0.232 e. The van der Waals surface area contributed by atoms with Crippen molar-refractivity contribution in [1.82, 2.24) is 40.2 Å². The highest BCUT2D eigenvalue weighted by Crippen LogP contribution is 2.44. The van der Waals surface area contributed by atoms with Crippen molar-refractivity contribution < 1.29 is 38.3 Å². The van der Waals surface area contributed by atoms with Gasteiger partial charge in [-0.15, -0.1) is 10.2 Å². The van der Waals surface area contributed by atoms with E-state index in [1.807, 2.05) is 60.9 Å². The molecule has 1 aromatic carbocycles. The molecule has 16 nitrogen and oxygen atoms in total. The lowest BCUT2D eigenvalue weighted by atomic mass is 9.81. The first-order valence-corrected chi connectivity index (χ1v) is 26.0. The van der Waals surface area contributed by atoms with Crippen LogP contribution in [0.1, 0.15) is 156 Å². The van der Waals surface area contributed by atoms with Crippen LogP contribution in [0.3, 0.4) is 0 Å². The van der Waals surface area contributed by atoms with Crippen LogP contribution >= 0.6 is 0 Å².